The number of amides is 5. The molecule has 1 saturated heterocycles. The Morgan fingerprint density at radius 3 is 2.45 bits per heavy atom. The van der Waals surface area contributed by atoms with Crippen LogP contribution in [0.15, 0.2) is 76.8 Å². The second-order valence-corrected chi connectivity index (χ2v) is 9.11. The first-order valence-electron chi connectivity index (χ1n) is 11.7. The molecule has 0 aliphatic carbocycles. The minimum absolute atomic E-state index is 0.231. The van der Waals surface area contributed by atoms with E-state index in [0.29, 0.717) is 39.5 Å². The molecule has 10 heteroatoms. The number of nitrogens with one attached hydrogen (secondary N) is 2. The predicted molar refractivity (Wildman–Crippen MR) is 146 cm³/mol. The predicted octanol–water partition coefficient (Wildman–Crippen LogP) is 4.84. The Morgan fingerprint density at radius 1 is 1.00 bits per heavy atom. The minimum atomic E-state index is -0.825. The molecule has 194 valence electrons. The van der Waals surface area contributed by atoms with Gasteiger partial charge in [0.25, 0.3) is 17.7 Å². The monoisotopic (exact) mass is 577 g/mol. The lowest BCUT2D eigenvalue weighted by Crippen LogP contribution is -2.54. The number of anilines is 2. The quantitative estimate of drug-likeness (QED) is 0.292. The molecule has 3 aromatic rings. The largest absolute Gasteiger partial charge is 0.490 e. The summed E-state index contributed by atoms with van der Waals surface area (Å²) in [6, 6.07) is 18.2. The van der Waals surface area contributed by atoms with Crippen molar-refractivity contribution >= 4 is 57.1 Å². The summed E-state index contributed by atoms with van der Waals surface area (Å²) in [6.45, 7) is 3.66. The molecule has 0 saturated carbocycles. The molecule has 4 rings (SSSR count). The number of urea groups is 1. The number of hydrogen-bond acceptors (Lipinski definition) is 6. The van der Waals surface area contributed by atoms with E-state index in [0.717, 1.165) is 10.5 Å². The van der Waals surface area contributed by atoms with Crippen molar-refractivity contribution in [2.24, 2.45) is 0 Å². The molecular formula is C28H24BrN3O6. The molecule has 9 nitrogen and oxygen atoms in total. The van der Waals surface area contributed by atoms with Crippen LogP contribution in [0.25, 0.3) is 6.08 Å². The number of nitrogens with zero attached hydrogens (tertiary/aromatic N) is 1. The van der Waals surface area contributed by atoms with Crippen LogP contribution in [0.4, 0.5) is 16.2 Å². The van der Waals surface area contributed by atoms with Crippen LogP contribution in [0.5, 0.6) is 11.5 Å². The van der Waals surface area contributed by atoms with E-state index in [4.69, 9.17) is 9.47 Å². The molecule has 5 amide bonds. The maximum Gasteiger partial charge on any atom is 0.335 e. The standard InChI is InChI=1S/C28H24BrN3O6/c1-3-37-23-14-18(22(29)15-24(23)38-16-25(33)30-19-9-5-4-6-10-19)13-21-26(34)31-28(36)32(27(21)35)20-11-7-8-17(2)12-20/h4-15H,3,16H2,1-2H3,(H,30,33)(H,31,34,36). The number of para-hydroxylation sites is 1. The van der Waals surface area contributed by atoms with Gasteiger partial charge in [0, 0.05) is 10.2 Å². The molecule has 38 heavy (non-hydrogen) atoms. The van der Waals surface area contributed by atoms with Crippen LogP contribution in [0.2, 0.25) is 0 Å². The van der Waals surface area contributed by atoms with Gasteiger partial charge < -0.3 is 14.8 Å². The van der Waals surface area contributed by atoms with Crippen LogP contribution in [0, 0.1) is 6.92 Å². The van der Waals surface area contributed by atoms with E-state index in [2.05, 4.69) is 26.6 Å². The molecule has 0 bridgehead atoms. The Labute approximate surface area is 227 Å². The zero-order valence-corrected chi connectivity index (χ0v) is 22.2. The summed E-state index contributed by atoms with van der Waals surface area (Å²) in [5.41, 5.74) is 2.04. The molecule has 0 unspecified atom stereocenters. The summed E-state index contributed by atoms with van der Waals surface area (Å²) in [7, 11) is 0. The van der Waals surface area contributed by atoms with Crippen LogP contribution >= 0.6 is 15.9 Å². The Hall–Kier alpha value is -4.44. The molecule has 1 aliphatic rings. The van der Waals surface area contributed by atoms with Gasteiger partial charge in [-0.15, -0.1) is 0 Å². The topological polar surface area (TPSA) is 114 Å². The number of halogens is 1. The van der Waals surface area contributed by atoms with E-state index >= 15 is 0 Å². The minimum Gasteiger partial charge on any atom is -0.490 e. The average Bonchev–Trinajstić information content (AvgIpc) is 2.88. The van der Waals surface area contributed by atoms with Crippen molar-refractivity contribution in [2.75, 3.05) is 23.4 Å². The van der Waals surface area contributed by atoms with Crippen LogP contribution in [0.1, 0.15) is 18.1 Å². The third-order valence-electron chi connectivity index (χ3n) is 5.44. The summed E-state index contributed by atoms with van der Waals surface area (Å²) < 4.78 is 11.9. The third-order valence-corrected chi connectivity index (χ3v) is 6.13. The lowest BCUT2D eigenvalue weighted by atomic mass is 10.1. The molecule has 1 fully saturated rings. The van der Waals surface area contributed by atoms with Gasteiger partial charge in [0.05, 0.1) is 12.3 Å². The highest BCUT2D eigenvalue weighted by Crippen LogP contribution is 2.35. The lowest BCUT2D eigenvalue weighted by molar-refractivity contribution is -0.122. The molecule has 0 aromatic heterocycles. The molecular weight excluding hydrogens is 554 g/mol. The number of carbonyl (C=O) groups excluding carboxylic acids is 4. The fraction of sp³-hybridized carbons (Fsp3) is 0.143. The second-order valence-electron chi connectivity index (χ2n) is 8.25. The highest BCUT2D eigenvalue weighted by Gasteiger charge is 2.37. The smallest absolute Gasteiger partial charge is 0.335 e. The summed E-state index contributed by atoms with van der Waals surface area (Å²) in [5.74, 6) is -1.32. The Kier molecular flexibility index (Phi) is 8.22. The average molecular weight is 578 g/mol. The van der Waals surface area contributed by atoms with E-state index < -0.39 is 17.8 Å². The number of ether oxygens (including phenoxy) is 2. The number of benzene rings is 3. The van der Waals surface area contributed by atoms with Gasteiger partial charge in [-0.25, -0.2) is 9.69 Å². The first-order chi connectivity index (χ1) is 18.3. The number of rotatable bonds is 8. The Bertz CT molecular complexity index is 1440. The Morgan fingerprint density at radius 2 is 1.74 bits per heavy atom. The molecule has 0 spiro atoms. The Balaban J connectivity index is 1.59. The maximum atomic E-state index is 13.2. The lowest BCUT2D eigenvalue weighted by Gasteiger charge is -2.26. The first-order valence-corrected chi connectivity index (χ1v) is 12.5. The van der Waals surface area contributed by atoms with E-state index in [1.807, 2.05) is 19.1 Å². The van der Waals surface area contributed by atoms with E-state index in [1.54, 1.807) is 61.5 Å². The van der Waals surface area contributed by atoms with Gasteiger partial charge in [0.2, 0.25) is 0 Å². The zero-order valence-electron chi connectivity index (χ0n) is 20.6. The molecule has 2 N–H and O–H groups in total. The van der Waals surface area contributed by atoms with Crippen molar-refractivity contribution in [2.45, 2.75) is 13.8 Å². The SMILES string of the molecule is CCOc1cc(C=C2C(=O)NC(=O)N(c3cccc(C)c3)C2=O)c(Br)cc1OCC(=O)Nc1ccccc1. The van der Waals surface area contributed by atoms with Crippen molar-refractivity contribution < 1.29 is 28.7 Å². The summed E-state index contributed by atoms with van der Waals surface area (Å²) in [6.07, 6.45) is 1.37. The van der Waals surface area contributed by atoms with Gasteiger partial charge in [-0.2, -0.15) is 0 Å². The van der Waals surface area contributed by atoms with Crippen molar-refractivity contribution in [3.63, 3.8) is 0 Å². The number of barbiturate groups is 1. The van der Waals surface area contributed by atoms with Gasteiger partial charge in [-0.1, -0.05) is 46.3 Å². The normalized spacial score (nSPS) is 14.3. The highest BCUT2D eigenvalue weighted by molar-refractivity contribution is 9.10. The van der Waals surface area contributed by atoms with Gasteiger partial charge >= 0.3 is 6.03 Å². The highest BCUT2D eigenvalue weighted by atomic mass is 79.9. The van der Waals surface area contributed by atoms with Crippen LogP contribution in [-0.4, -0.2) is 37.0 Å². The van der Waals surface area contributed by atoms with Gasteiger partial charge in [0.15, 0.2) is 18.1 Å². The number of imide groups is 2. The maximum absolute atomic E-state index is 13.2. The fourth-order valence-electron chi connectivity index (χ4n) is 3.72. The number of carbonyl (C=O) groups is 4. The number of aryl methyl sites for hydroxylation is 1. The zero-order chi connectivity index (χ0) is 27.2. The molecule has 1 aliphatic heterocycles. The second kappa shape index (κ2) is 11.7. The van der Waals surface area contributed by atoms with E-state index in [1.165, 1.54) is 6.08 Å². The summed E-state index contributed by atoms with van der Waals surface area (Å²) in [5, 5.41) is 4.95. The van der Waals surface area contributed by atoms with Gasteiger partial charge in [-0.05, 0) is 67.4 Å². The van der Waals surface area contributed by atoms with Crippen molar-refractivity contribution in [1.82, 2.24) is 5.32 Å². The number of hydrogen-bond donors (Lipinski definition) is 2. The van der Waals surface area contributed by atoms with Gasteiger partial charge in [0.1, 0.15) is 5.57 Å². The molecule has 0 atom stereocenters. The van der Waals surface area contributed by atoms with Crippen molar-refractivity contribution in [1.29, 1.82) is 0 Å². The molecule has 1 heterocycles. The first kappa shape index (κ1) is 26.6. The van der Waals surface area contributed by atoms with Crippen LogP contribution in [0.3, 0.4) is 0 Å². The van der Waals surface area contributed by atoms with E-state index in [-0.39, 0.29) is 18.1 Å². The summed E-state index contributed by atoms with van der Waals surface area (Å²) >= 11 is 3.44. The summed E-state index contributed by atoms with van der Waals surface area (Å²) in [4.78, 5) is 51.6. The van der Waals surface area contributed by atoms with Gasteiger partial charge in [-0.3, -0.25) is 19.7 Å². The van der Waals surface area contributed by atoms with E-state index in [9.17, 15) is 19.2 Å². The fourth-order valence-corrected chi connectivity index (χ4v) is 4.16. The molecule has 0 radical (unpaired) electrons. The third kappa shape index (κ3) is 6.09. The van der Waals surface area contributed by atoms with Crippen molar-refractivity contribution in [3.05, 3.63) is 87.9 Å². The molecule has 3 aromatic carbocycles. The van der Waals surface area contributed by atoms with Crippen molar-refractivity contribution in [3.8, 4) is 11.5 Å². The van der Waals surface area contributed by atoms with Crippen LogP contribution in [-0.2, 0) is 14.4 Å². The van der Waals surface area contributed by atoms with Crippen LogP contribution < -0.4 is 25.0 Å².